The van der Waals surface area contributed by atoms with Gasteiger partial charge in [0.2, 0.25) is 0 Å². The Morgan fingerprint density at radius 2 is 1.39 bits per heavy atom. The molecular formula is C18H13N3O2. The van der Waals surface area contributed by atoms with Crippen molar-refractivity contribution in [3.63, 3.8) is 0 Å². The Hall–Kier alpha value is -3.21. The molecule has 5 nitrogen and oxygen atoms in total. The monoisotopic (exact) mass is 303 g/mol. The molecule has 0 unspecified atom stereocenters. The summed E-state index contributed by atoms with van der Waals surface area (Å²) in [6.07, 6.45) is 1.71. The first-order valence-corrected chi connectivity index (χ1v) is 7.26. The Morgan fingerprint density at radius 3 is 2.00 bits per heavy atom. The van der Waals surface area contributed by atoms with Gasteiger partial charge in [0.15, 0.2) is 0 Å². The van der Waals surface area contributed by atoms with Gasteiger partial charge in [0.25, 0.3) is 11.8 Å². The summed E-state index contributed by atoms with van der Waals surface area (Å²) >= 11 is 0. The molecule has 2 heterocycles. The van der Waals surface area contributed by atoms with Crippen molar-refractivity contribution in [1.29, 1.82) is 0 Å². The fourth-order valence-electron chi connectivity index (χ4n) is 2.79. The number of nitrogens with zero attached hydrogens (tertiary/aromatic N) is 3. The molecule has 2 aromatic carbocycles. The van der Waals surface area contributed by atoms with Crippen molar-refractivity contribution < 1.29 is 9.59 Å². The Bertz CT molecular complexity index is 893. The Balaban J connectivity index is 1.80. The van der Waals surface area contributed by atoms with Crippen molar-refractivity contribution in [3.05, 3.63) is 77.6 Å². The van der Waals surface area contributed by atoms with Gasteiger partial charge in [0.05, 0.1) is 34.4 Å². The number of aryl methyl sites for hydroxylation is 1. The van der Waals surface area contributed by atoms with Gasteiger partial charge >= 0.3 is 0 Å². The largest absolute Gasteiger partial charge is 0.268 e. The van der Waals surface area contributed by atoms with Crippen LogP contribution in [0.4, 0.5) is 5.69 Å². The molecule has 3 aromatic rings. The zero-order valence-electron chi connectivity index (χ0n) is 12.4. The molecule has 23 heavy (non-hydrogen) atoms. The van der Waals surface area contributed by atoms with E-state index in [9.17, 15) is 9.59 Å². The van der Waals surface area contributed by atoms with Gasteiger partial charge in [-0.15, -0.1) is 0 Å². The summed E-state index contributed by atoms with van der Waals surface area (Å²) in [6, 6.07) is 16.4. The lowest BCUT2D eigenvalue weighted by Crippen LogP contribution is -2.29. The van der Waals surface area contributed by atoms with Gasteiger partial charge in [-0.05, 0) is 31.2 Å². The van der Waals surface area contributed by atoms with Gasteiger partial charge in [0.1, 0.15) is 0 Å². The van der Waals surface area contributed by atoms with E-state index in [0.29, 0.717) is 22.5 Å². The minimum Gasteiger partial charge on any atom is -0.268 e. The van der Waals surface area contributed by atoms with Crippen molar-refractivity contribution >= 4 is 17.5 Å². The second-order valence-corrected chi connectivity index (χ2v) is 5.37. The quantitative estimate of drug-likeness (QED) is 0.684. The van der Waals surface area contributed by atoms with Crippen LogP contribution in [-0.2, 0) is 0 Å². The number of carbonyl (C=O) groups is 2. The van der Waals surface area contributed by atoms with Crippen LogP contribution in [-0.4, -0.2) is 21.6 Å². The number of carbonyl (C=O) groups excluding carboxylic acids is 2. The van der Waals surface area contributed by atoms with E-state index in [1.54, 1.807) is 42.1 Å². The average molecular weight is 303 g/mol. The number of para-hydroxylation sites is 1. The third-order valence-electron chi connectivity index (χ3n) is 3.93. The number of amides is 2. The zero-order valence-corrected chi connectivity index (χ0v) is 12.4. The van der Waals surface area contributed by atoms with Gasteiger partial charge in [-0.2, -0.15) is 5.10 Å². The fourth-order valence-corrected chi connectivity index (χ4v) is 2.79. The normalized spacial score (nSPS) is 13.5. The molecule has 0 aliphatic carbocycles. The number of hydrogen-bond acceptors (Lipinski definition) is 3. The lowest BCUT2D eigenvalue weighted by Gasteiger charge is -2.11. The molecule has 0 radical (unpaired) electrons. The molecule has 4 rings (SSSR count). The van der Waals surface area contributed by atoms with Crippen LogP contribution in [0.2, 0.25) is 0 Å². The van der Waals surface area contributed by atoms with E-state index in [-0.39, 0.29) is 11.8 Å². The Labute approximate surface area is 132 Å². The summed E-state index contributed by atoms with van der Waals surface area (Å²) in [4.78, 5) is 26.3. The SMILES string of the molecule is Cc1nn(-c2ccccc2)cc1N1C(=O)c2ccccc2C1=O. The molecule has 1 aromatic heterocycles. The first-order valence-electron chi connectivity index (χ1n) is 7.26. The van der Waals surface area contributed by atoms with Crippen LogP contribution in [0.1, 0.15) is 26.4 Å². The molecule has 0 spiro atoms. The molecule has 1 aliphatic heterocycles. The van der Waals surface area contributed by atoms with E-state index in [0.717, 1.165) is 5.69 Å². The summed E-state index contributed by atoms with van der Waals surface area (Å²) < 4.78 is 1.67. The third-order valence-corrected chi connectivity index (χ3v) is 3.93. The van der Waals surface area contributed by atoms with E-state index >= 15 is 0 Å². The van der Waals surface area contributed by atoms with Crippen molar-refractivity contribution in [2.75, 3.05) is 4.90 Å². The summed E-state index contributed by atoms with van der Waals surface area (Å²) in [5.41, 5.74) is 2.88. The van der Waals surface area contributed by atoms with Crippen LogP contribution in [0.3, 0.4) is 0 Å². The van der Waals surface area contributed by atoms with Crippen LogP contribution in [0, 0.1) is 6.92 Å². The number of imide groups is 1. The Morgan fingerprint density at radius 1 is 0.826 bits per heavy atom. The molecule has 112 valence electrons. The predicted octanol–water partition coefficient (Wildman–Crippen LogP) is 2.98. The van der Waals surface area contributed by atoms with Crippen LogP contribution < -0.4 is 4.90 Å². The van der Waals surface area contributed by atoms with Crippen molar-refractivity contribution in [1.82, 2.24) is 9.78 Å². The van der Waals surface area contributed by atoms with E-state index in [2.05, 4.69) is 5.10 Å². The van der Waals surface area contributed by atoms with Crippen molar-refractivity contribution in [2.24, 2.45) is 0 Å². The summed E-state index contributed by atoms with van der Waals surface area (Å²) in [7, 11) is 0. The second-order valence-electron chi connectivity index (χ2n) is 5.37. The Kier molecular flexibility index (Phi) is 2.87. The van der Waals surface area contributed by atoms with Gasteiger partial charge in [-0.3, -0.25) is 9.59 Å². The van der Waals surface area contributed by atoms with E-state index in [4.69, 9.17) is 0 Å². The summed E-state index contributed by atoms with van der Waals surface area (Å²) in [6.45, 7) is 1.79. The molecule has 5 heteroatoms. The van der Waals surface area contributed by atoms with Gasteiger partial charge in [-0.1, -0.05) is 30.3 Å². The fraction of sp³-hybridized carbons (Fsp3) is 0.0556. The van der Waals surface area contributed by atoms with Gasteiger partial charge < -0.3 is 0 Å². The number of anilines is 1. The second kappa shape index (κ2) is 4.91. The van der Waals surface area contributed by atoms with Crippen molar-refractivity contribution in [3.8, 4) is 5.69 Å². The summed E-state index contributed by atoms with van der Waals surface area (Å²) in [5, 5.41) is 4.43. The lowest BCUT2D eigenvalue weighted by atomic mass is 10.1. The van der Waals surface area contributed by atoms with E-state index in [1.165, 1.54) is 4.90 Å². The smallest absolute Gasteiger partial charge is 0.266 e. The number of hydrogen-bond donors (Lipinski definition) is 0. The van der Waals surface area contributed by atoms with Crippen LogP contribution in [0.15, 0.2) is 60.8 Å². The van der Waals surface area contributed by atoms with Crippen LogP contribution in [0.5, 0.6) is 0 Å². The maximum Gasteiger partial charge on any atom is 0.266 e. The van der Waals surface area contributed by atoms with Gasteiger partial charge in [-0.25, -0.2) is 9.58 Å². The predicted molar refractivity (Wildman–Crippen MR) is 85.9 cm³/mol. The highest BCUT2D eigenvalue weighted by Crippen LogP contribution is 2.30. The number of fused-ring (bicyclic) bond motifs is 1. The highest BCUT2D eigenvalue weighted by Gasteiger charge is 2.37. The maximum absolute atomic E-state index is 12.6. The molecule has 0 saturated heterocycles. The molecule has 0 N–H and O–H groups in total. The first-order chi connectivity index (χ1) is 11.2. The van der Waals surface area contributed by atoms with Crippen LogP contribution >= 0.6 is 0 Å². The minimum absolute atomic E-state index is 0.304. The standard InChI is InChI=1S/C18H13N3O2/c1-12-16(11-20(19-12)13-7-3-2-4-8-13)21-17(22)14-9-5-6-10-15(14)18(21)23/h2-11H,1H3. The van der Waals surface area contributed by atoms with Crippen molar-refractivity contribution in [2.45, 2.75) is 6.92 Å². The molecule has 1 aliphatic rings. The highest BCUT2D eigenvalue weighted by molar-refractivity contribution is 6.34. The zero-order chi connectivity index (χ0) is 16.0. The number of aromatic nitrogens is 2. The number of rotatable bonds is 2. The van der Waals surface area contributed by atoms with Gasteiger partial charge in [0, 0.05) is 0 Å². The van der Waals surface area contributed by atoms with E-state index in [1.807, 2.05) is 30.3 Å². The third kappa shape index (κ3) is 1.97. The van der Waals surface area contributed by atoms with E-state index < -0.39 is 0 Å². The molecule has 0 fully saturated rings. The molecule has 2 amide bonds. The topological polar surface area (TPSA) is 55.2 Å². The first kappa shape index (κ1) is 13.5. The summed E-state index contributed by atoms with van der Waals surface area (Å²) in [5.74, 6) is -0.609. The molecule has 0 atom stereocenters. The number of benzene rings is 2. The lowest BCUT2D eigenvalue weighted by molar-refractivity contribution is 0.0926. The minimum atomic E-state index is -0.304. The molecule has 0 bridgehead atoms. The highest BCUT2D eigenvalue weighted by atomic mass is 16.2. The molecular weight excluding hydrogens is 290 g/mol. The van der Waals surface area contributed by atoms with Crippen LogP contribution in [0.25, 0.3) is 5.69 Å². The average Bonchev–Trinajstić information content (AvgIpc) is 3.08. The molecule has 0 saturated carbocycles. The maximum atomic E-state index is 12.6.